The fourth-order valence-corrected chi connectivity index (χ4v) is 2.18. The van der Waals surface area contributed by atoms with E-state index in [-0.39, 0.29) is 35.9 Å². The molecule has 22 heavy (non-hydrogen) atoms. The molecule has 0 bridgehead atoms. The highest BCUT2D eigenvalue weighted by Gasteiger charge is 2.20. The first-order valence-corrected chi connectivity index (χ1v) is 7.08. The summed E-state index contributed by atoms with van der Waals surface area (Å²) in [5, 5.41) is 19.8. The molecule has 0 aliphatic carbocycles. The minimum absolute atomic E-state index is 0.0362. The molecule has 0 aliphatic rings. The van der Waals surface area contributed by atoms with E-state index in [2.05, 4.69) is 4.98 Å². The van der Waals surface area contributed by atoms with Crippen LogP contribution < -0.4 is 4.74 Å². The lowest BCUT2D eigenvalue weighted by molar-refractivity contribution is 0.0424. The summed E-state index contributed by atoms with van der Waals surface area (Å²) in [6.07, 6.45) is -0.0362. The number of carbonyl (C=O) groups is 1. The van der Waals surface area contributed by atoms with Crippen molar-refractivity contribution >= 4 is 28.3 Å². The predicted molar refractivity (Wildman–Crippen MR) is 81.6 cm³/mol. The number of carbonyl (C=O) groups excluding carboxylic acids is 1. The number of esters is 1. The largest absolute Gasteiger partial charge is 0.505 e. The topological polar surface area (TPSA) is 88.9 Å². The number of nitrogens with zero attached hydrogens (tertiary/aromatic N) is 1. The highest BCUT2D eigenvalue weighted by atomic mass is 35.5. The second kappa shape index (κ2) is 6.81. The summed E-state index contributed by atoms with van der Waals surface area (Å²) in [6.45, 7) is 3.24. The Morgan fingerprint density at radius 2 is 2.09 bits per heavy atom. The van der Waals surface area contributed by atoms with Gasteiger partial charge in [0.15, 0.2) is 11.4 Å². The maximum atomic E-state index is 11.8. The molecule has 2 N–H and O–H groups in total. The number of aliphatic hydroxyl groups excluding tert-OH is 1. The number of pyridine rings is 1. The van der Waals surface area contributed by atoms with Gasteiger partial charge in [-0.25, -0.2) is 9.78 Å². The molecule has 7 heteroatoms. The van der Waals surface area contributed by atoms with Crippen molar-refractivity contribution in [1.82, 2.24) is 4.98 Å². The van der Waals surface area contributed by atoms with Crippen LogP contribution in [0.3, 0.4) is 0 Å². The Morgan fingerprint density at radius 1 is 1.36 bits per heavy atom. The van der Waals surface area contributed by atoms with Gasteiger partial charge in [0, 0.05) is 10.8 Å². The Kier molecular flexibility index (Phi) is 5.05. The third kappa shape index (κ3) is 3.40. The molecule has 118 valence electrons. The molecule has 0 amide bonds. The van der Waals surface area contributed by atoms with Crippen LogP contribution in [0.5, 0.6) is 11.5 Å². The number of fused-ring (bicyclic) bond motifs is 1. The molecule has 0 aliphatic heterocycles. The van der Waals surface area contributed by atoms with Gasteiger partial charge >= 0.3 is 5.97 Å². The Labute approximate surface area is 132 Å². The van der Waals surface area contributed by atoms with Crippen molar-refractivity contribution in [2.24, 2.45) is 0 Å². The summed E-state index contributed by atoms with van der Waals surface area (Å²) in [7, 11) is 0. The van der Waals surface area contributed by atoms with Crippen LogP contribution >= 0.6 is 11.6 Å². The maximum absolute atomic E-state index is 11.8. The molecule has 0 fully saturated rings. The lowest BCUT2D eigenvalue weighted by atomic mass is 10.1. The zero-order chi connectivity index (χ0) is 16.3. The van der Waals surface area contributed by atoms with Gasteiger partial charge in [0.25, 0.3) is 0 Å². The molecule has 0 atom stereocenters. The van der Waals surface area contributed by atoms with E-state index < -0.39 is 5.97 Å². The number of halogens is 1. The number of hydrogen-bond donors (Lipinski definition) is 2. The zero-order valence-corrected chi connectivity index (χ0v) is 12.9. The molecule has 1 aromatic carbocycles. The van der Waals surface area contributed by atoms with Crippen molar-refractivity contribution in [3.63, 3.8) is 0 Å². The number of aromatic hydroxyl groups is 1. The quantitative estimate of drug-likeness (QED) is 0.648. The van der Waals surface area contributed by atoms with Crippen LogP contribution in [0.25, 0.3) is 10.8 Å². The molecule has 0 saturated heterocycles. The Morgan fingerprint density at radius 3 is 2.73 bits per heavy atom. The first kappa shape index (κ1) is 16.3. The van der Waals surface area contributed by atoms with Crippen LogP contribution in [0.2, 0.25) is 5.15 Å². The van der Waals surface area contributed by atoms with E-state index in [4.69, 9.17) is 26.2 Å². The molecule has 6 nitrogen and oxygen atoms in total. The Balaban J connectivity index is 2.51. The van der Waals surface area contributed by atoms with Gasteiger partial charge in [0.05, 0.1) is 12.7 Å². The van der Waals surface area contributed by atoms with Crippen LogP contribution in [0.1, 0.15) is 24.3 Å². The second-order valence-corrected chi connectivity index (χ2v) is 5.19. The molecule has 1 aromatic heterocycles. The van der Waals surface area contributed by atoms with Gasteiger partial charge in [0.2, 0.25) is 0 Å². The molecule has 1 heterocycles. The van der Waals surface area contributed by atoms with Crippen LogP contribution in [0.15, 0.2) is 18.2 Å². The summed E-state index contributed by atoms with van der Waals surface area (Å²) in [5.74, 6) is -0.656. The van der Waals surface area contributed by atoms with Gasteiger partial charge < -0.3 is 19.7 Å². The van der Waals surface area contributed by atoms with E-state index in [0.717, 1.165) is 0 Å². The van der Waals surface area contributed by atoms with E-state index in [1.165, 1.54) is 0 Å². The van der Waals surface area contributed by atoms with Gasteiger partial charge in [-0.05, 0) is 32.0 Å². The van der Waals surface area contributed by atoms with Gasteiger partial charge in [-0.15, -0.1) is 0 Å². The first-order chi connectivity index (χ1) is 10.4. The normalized spacial score (nSPS) is 11.0. The van der Waals surface area contributed by atoms with Crippen molar-refractivity contribution in [3.05, 3.63) is 29.0 Å². The van der Waals surface area contributed by atoms with Crippen LogP contribution in [0, 0.1) is 0 Å². The number of rotatable bonds is 5. The summed E-state index contributed by atoms with van der Waals surface area (Å²) in [4.78, 5) is 15.7. The van der Waals surface area contributed by atoms with E-state index in [9.17, 15) is 9.90 Å². The average molecular weight is 326 g/mol. The van der Waals surface area contributed by atoms with Crippen molar-refractivity contribution in [2.45, 2.75) is 20.0 Å². The molecule has 0 spiro atoms. The monoisotopic (exact) mass is 325 g/mol. The summed E-state index contributed by atoms with van der Waals surface area (Å²) in [5.41, 5.74) is -0.298. The molecular formula is C15H16ClNO5. The lowest BCUT2D eigenvalue weighted by Crippen LogP contribution is -2.11. The van der Waals surface area contributed by atoms with Gasteiger partial charge in [-0.3, -0.25) is 0 Å². The number of hydrogen-bond acceptors (Lipinski definition) is 6. The Hall–Kier alpha value is -2.05. The number of benzene rings is 1. The average Bonchev–Trinajstić information content (AvgIpc) is 2.47. The van der Waals surface area contributed by atoms with E-state index in [0.29, 0.717) is 16.5 Å². The van der Waals surface area contributed by atoms with Gasteiger partial charge in [0.1, 0.15) is 17.5 Å². The zero-order valence-electron chi connectivity index (χ0n) is 12.2. The van der Waals surface area contributed by atoms with E-state index in [1.807, 2.05) is 13.8 Å². The number of aromatic nitrogens is 1. The van der Waals surface area contributed by atoms with Gasteiger partial charge in [-0.2, -0.15) is 0 Å². The molecular weight excluding hydrogens is 310 g/mol. The molecule has 0 unspecified atom stereocenters. The lowest BCUT2D eigenvalue weighted by Gasteiger charge is -2.12. The number of aliphatic hydroxyl groups is 1. The van der Waals surface area contributed by atoms with Crippen molar-refractivity contribution < 1.29 is 24.5 Å². The fraction of sp³-hybridized carbons (Fsp3) is 0.333. The molecule has 0 saturated carbocycles. The SMILES string of the molecule is CC(C)Oc1ccc2c(Cl)nc(C(=O)OCCO)c(O)c2c1. The van der Waals surface area contributed by atoms with Crippen LogP contribution in [-0.4, -0.2) is 40.5 Å². The van der Waals surface area contributed by atoms with Crippen molar-refractivity contribution in [2.75, 3.05) is 13.2 Å². The molecule has 2 aromatic rings. The third-order valence-corrected chi connectivity index (χ3v) is 3.08. The highest BCUT2D eigenvalue weighted by Crippen LogP contribution is 2.35. The predicted octanol–water partition coefficient (Wildman–Crippen LogP) is 2.53. The van der Waals surface area contributed by atoms with E-state index in [1.54, 1.807) is 18.2 Å². The second-order valence-electron chi connectivity index (χ2n) is 4.83. The molecule has 0 radical (unpaired) electrons. The standard InChI is InChI=1S/C15H16ClNO5/c1-8(2)22-9-3-4-10-11(7-9)13(19)12(17-14(10)16)15(20)21-6-5-18/h3-4,7-8,18-19H,5-6H2,1-2H3. The first-order valence-electron chi connectivity index (χ1n) is 6.71. The minimum atomic E-state index is -0.856. The smallest absolute Gasteiger partial charge is 0.360 e. The highest BCUT2D eigenvalue weighted by molar-refractivity contribution is 6.34. The van der Waals surface area contributed by atoms with E-state index >= 15 is 0 Å². The van der Waals surface area contributed by atoms with Crippen molar-refractivity contribution in [3.8, 4) is 11.5 Å². The molecule has 2 rings (SSSR count). The third-order valence-electron chi connectivity index (χ3n) is 2.79. The Bertz CT molecular complexity index is 702. The van der Waals surface area contributed by atoms with Crippen LogP contribution in [-0.2, 0) is 4.74 Å². The van der Waals surface area contributed by atoms with Gasteiger partial charge in [-0.1, -0.05) is 11.6 Å². The summed E-state index contributed by atoms with van der Waals surface area (Å²) < 4.78 is 10.3. The fourth-order valence-electron chi connectivity index (χ4n) is 1.93. The minimum Gasteiger partial charge on any atom is -0.505 e. The number of ether oxygens (including phenoxy) is 2. The summed E-state index contributed by atoms with van der Waals surface area (Å²) >= 11 is 6.05. The maximum Gasteiger partial charge on any atom is 0.360 e. The van der Waals surface area contributed by atoms with Crippen molar-refractivity contribution in [1.29, 1.82) is 0 Å². The summed E-state index contributed by atoms with van der Waals surface area (Å²) in [6, 6.07) is 4.95. The van der Waals surface area contributed by atoms with Crippen LogP contribution in [0.4, 0.5) is 0 Å².